The van der Waals surface area contributed by atoms with Crippen molar-refractivity contribution in [2.75, 3.05) is 26.8 Å². The smallest absolute Gasteiger partial charge is 0.253 e. The minimum absolute atomic E-state index is 0.0114. The Balaban J connectivity index is 1.77. The van der Waals surface area contributed by atoms with E-state index in [4.69, 9.17) is 4.74 Å². The molecular weight excluding hydrogens is 292 g/mol. The summed E-state index contributed by atoms with van der Waals surface area (Å²) < 4.78 is 5.12. The number of hydrogen-bond acceptors (Lipinski definition) is 4. The SMILES string of the molecule is COc1ccc(C(=O)N2C[C@@H](CO)[C@H](c3ccncc3)C2)cc1. The third-order valence-electron chi connectivity index (χ3n) is 4.43. The molecule has 1 aliphatic heterocycles. The molecule has 1 aromatic heterocycles. The molecular formula is C18H20N2O3. The van der Waals surface area contributed by atoms with Gasteiger partial charge >= 0.3 is 0 Å². The van der Waals surface area contributed by atoms with Gasteiger partial charge in [-0.2, -0.15) is 0 Å². The van der Waals surface area contributed by atoms with E-state index in [0.29, 0.717) is 18.7 Å². The van der Waals surface area contributed by atoms with E-state index in [1.807, 2.05) is 17.0 Å². The van der Waals surface area contributed by atoms with Crippen LogP contribution < -0.4 is 4.74 Å². The van der Waals surface area contributed by atoms with Gasteiger partial charge in [0.05, 0.1) is 7.11 Å². The van der Waals surface area contributed by atoms with E-state index in [0.717, 1.165) is 11.3 Å². The van der Waals surface area contributed by atoms with E-state index >= 15 is 0 Å². The number of rotatable bonds is 4. The Kier molecular flexibility index (Phi) is 4.57. The van der Waals surface area contributed by atoms with Crippen molar-refractivity contribution in [3.8, 4) is 5.75 Å². The van der Waals surface area contributed by atoms with E-state index in [2.05, 4.69) is 4.98 Å². The van der Waals surface area contributed by atoms with Gasteiger partial charge in [-0.15, -0.1) is 0 Å². The molecule has 0 saturated carbocycles. The lowest BCUT2D eigenvalue weighted by Crippen LogP contribution is -2.29. The number of amides is 1. The van der Waals surface area contributed by atoms with Gasteiger partial charge in [0.25, 0.3) is 5.91 Å². The zero-order valence-electron chi connectivity index (χ0n) is 13.1. The number of nitrogens with zero attached hydrogens (tertiary/aromatic N) is 2. The summed E-state index contributed by atoms with van der Waals surface area (Å²) in [5, 5.41) is 9.67. The molecule has 0 unspecified atom stereocenters. The van der Waals surface area contributed by atoms with E-state index < -0.39 is 0 Å². The summed E-state index contributed by atoms with van der Waals surface area (Å²) in [5.41, 5.74) is 1.75. The highest BCUT2D eigenvalue weighted by atomic mass is 16.5. The Morgan fingerprint density at radius 3 is 2.52 bits per heavy atom. The van der Waals surface area contributed by atoms with Crippen molar-refractivity contribution in [3.63, 3.8) is 0 Å². The van der Waals surface area contributed by atoms with E-state index in [9.17, 15) is 9.90 Å². The van der Waals surface area contributed by atoms with Gasteiger partial charge in [-0.1, -0.05) is 0 Å². The first-order valence-electron chi connectivity index (χ1n) is 7.67. The summed E-state index contributed by atoms with van der Waals surface area (Å²) in [4.78, 5) is 18.5. The first-order valence-corrected chi connectivity index (χ1v) is 7.67. The molecule has 0 spiro atoms. The van der Waals surface area contributed by atoms with Gasteiger partial charge < -0.3 is 14.7 Å². The number of aliphatic hydroxyl groups is 1. The first-order chi connectivity index (χ1) is 11.2. The van der Waals surface area contributed by atoms with Crippen LogP contribution in [0.2, 0.25) is 0 Å². The minimum Gasteiger partial charge on any atom is -0.497 e. The van der Waals surface area contributed by atoms with Gasteiger partial charge in [-0.25, -0.2) is 0 Å². The topological polar surface area (TPSA) is 62.7 Å². The number of ether oxygens (including phenoxy) is 1. The van der Waals surface area contributed by atoms with Crippen LogP contribution in [0.4, 0.5) is 0 Å². The Bertz CT molecular complexity index is 658. The zero-order valence-corrected chi connectivity index (χ0v) is 13.1. The third kappa shape index (κ3) is 3.19. The zero-order chi connectivity index (χ0) is 16.2. The molecule has 2 heterocycles. The molecule has 1 N–H and O–H groups in total. The van der Waals surface area contributed by atoms with Gasteiger partial charge in [0.15, 0.2) is 0 Å². The maximum atomic E-state index is 12.7. The van der Waals surface area contributed by atoms with Crippen molar-refractivity contribution in [3.05, 3.63) is 59.9 Å². The standard InChI is InChI=1S/C18H20N2O3/c1-23-16-4-2-14(3-5-16)18(22)20-10-15(12-21)17(11-20)13-6-8-19-9-7-13/h2-9,15,17,21H,10-12H2,1H3/t15-,17-/m0/s1. The van der Waals surface area contributed by atoms with Gasteiger partial charge in [0.2, 0.25) is 0 Å². The fraction of sp³-hybridized carbons (Fsp3) is 0.333. The molecule has 1 saturated heterocycles. The molecule has 120 valence electrons. The fourth-order valence-electron chi connectivity index (χ4n) is 3.13. The predicted molar refractivity (Wildman–Crippen MR) is 86.5 cm³/mol. The van der Waals surface area contributed by atoms with Gasteiger partial charge in [0.1, 0.15) is 5.75 Å². The molecule has 5 nitrogen and oxygen atoms in total. The predicted octanol–water partition coefficient (Wildman–Crippen LogP) is 1.94. The second-order valence-electron chi connectivity index (χ2n) is 5.77. The van der Waals surface area contributed by atoms with Crippen LogP contribution in [0.5, 0.6) is 5.75 Å². The van der Waals surface area contributed by atoms with Crippen molar-refractivity contribution >= 4 is 5.91 Å². The number of methoxy groups -OCH3 is 1. The lowest BCUT2D eigenvalue weighted by molar-refractivity contribution is 0.0781. The van der Waals surface area contributed by atoms with E-state index in [1.54, 1.807) is 43.8 Å². The average molecular weight is 312 g/mol. The molecule has 1 aliphatic rings. The first kappa shape index (κ1) is 15.5. The molecule has 1 amide bonds. The molecule has 5 heteroatoms. The summed E-state index contributed by atoms with van der Waals surface area (Å²) in [5.74, 6) is 0.915. The highest BCUT2D eigenvalue weighted by Crippen LogP contribution is 2.33. The van der Waals surface area contributed by atoms with Crippen molar-refractivity contribution in [2.24, 2.45) is 5.92 Å². The van der Waals surface area contributed by atoms with E-state index in [-0.39, 0.29) is 24.3 Å². The molecule has 0 aliphatic carbocycles. The van der Waals surface area contributed by atoms with Crippen LogP contribution in [0.25, 0.3) is 0 Å². The highest BCUT2D eigenvalue weighted by molar-refractivity contribution is 5.94. The molecule has 2 aromatic rings. The number of pyridine rings is 1. The molecule has 0 bridgehead atoms. The lowest BCUT2D eigenvalue weighted by atomic mass is 9.90. The normalized spacial score (nSPS) is 20.5. The second kappa shape index (κ2) is 6.79. The maximum Gasteiger partial charge on any atom is 0.253 e. The van der Waals surface area contributed by atoms with Crippen LogP contribution >= 0.6 is 0 Å². The fourth-order valence-corrected chi connectivity index (χ4v) is 3.13. The summed E-state index contributed by atoms with van der Waals surface area (Å²) in [6.45, 7) is 1.24. The van der Waals surface area contributed by atoms with Crippen LogP contribution in [0.3, 0.4) is 0 Å². The highest BCUT2D eigenvalue weighted by Gasteiger charge is 2.35. The largest absolute Gasteiger partial charge is 0.497 e. The number of benzene rings is 1. The van der Waals surface area contributed by atoms with Crippen LogP contribution in [-0.2, 0) is 0 Å². The molecule has 1 aromatic carbocycles. The van der Waals surface area contributed by atoms with Crippen LogP contribution in [-0.4, -0.2) is 47.7 Å². The second-order valence-corrected chi connectivity index (χ2v) is 5.77. The number of carbonyl (C=O) groups excluding carboxylic acids is 1. The summed E-state index contributed by atoms with van der Waals surface area (Å²) in [7, 11) is 1.60. The molecule has 23 heavy (non-hydrogen) atoms. The molecule has 0 radical (unpaired) electrons. The van der Waals surface area contributed by atoms with Crippen LogP contribution in [0, 0.1) is 5.92 Å². The van der Waals surface area contributed by atoms with Crippen molar-refractivity contribution in [2.45, 2.75) is 5.92 Å². The molecule has 1 fully saturated rings. The lowest BCUT2D eigenvalue weighted by Gasteiger charge is -2.17. The maximum absolute atomic E-state index is 12.7. The van der Waals surface area contributed by atoms with Gasteiger partial charge in [0, 0.05) is 49.5 Å². The third-order valence-corrected chi connectivity index (χ3v) is 4.43. The molecule has 2 atom stereocenters. The van der Waals surface area contributed by atoms with Crippen molar-refractivity contribution in [1.29, 1.82) is 0 Å². The summed E-state index contributed by atoms with van der Waals surface area (Å²) in [6.07, 6.45) is 3.50. The van der Waals surface area contributed by atoms with Gasteiger partial charge in [-0.05, 0) is 42.0 Å². The van der Waals surface area contributed by atoms with E-state index in [1.165, 1.54) is 0 Å². The summed E-state index contributed by atoms with van der Waals surface area (Å²) in [6, 6.07) is 11.0. The van der Waals surface area contributed by atoms with Gasteiger partial charge in [-0.3, -0.25) is 9.78 Å². The number of likely N-dealkylation sites (tertiary alicyclic amines) is 1. The number of hydrogen-bond donors (Lipinski definition) is 1. The van der Waals surface area contributed by atoms with Crippen molar-refractivity contribution < 1.29 is 14.6 Å². The number of aromatic nitrogens is 1. The number of aliphatic hydroxyl groups excluding tert-OH is 1. The average Bonchev–Trinajstić information content (AvgIpc) is 3.06. The number of carbonyl (C=O) groups is 1. The quantitative estimate of drug-likeness (QED) is 0.937. The molecule has 3 rings (SSSR count). The van der Waals surface area contributed by atoms with Crippen LogP contribution in [0.15, 0.2) is 48.8 Å². The Labute approximate surface area is 135 Å². The van der Waals surface area contributed by atoms with Crippen LogP contribution in [0.1, 0.15) is 21.8 Å². The van der Waals surface area contributed by atoms with Crippen molar-refractivity contribution in [1.82, 2.24) is 9.88 Å². The monoisotopic (exact) mass is 312 g/mol. The Morgan fingerprint density at radius 1 is 1.22 bits per heavy atom. The minimum atomic E-state index is -0.0114. The Hall–Kier alpha value is -2.40. The summed E-state index contributed by atoms with van der Waals surface area (Å²) >= 11 is 0. The Morgan fingerprint density at radius 2 is 1.91 bits per heavy atom.